The number of anilines is 1. The molecule has 2 aromatic rings. The van der Waals surface area contributed by atoms with E-state index in [1.54, 1.807) is 31.2 Å². The molecule has 0 radical (unpaired) electrons. The van der Waals surface area contributed by atoms with Gasteiger partial charge in [0.25, 0.3) is 5.91 Å². The van der Waals surface area contributed by atoms with Crippen LogP contribution in [0, 0.1) is 20.8 Å². The Hall–Kier alpha value is -2.54. The lowest BCUT2D eigenvalue weighted by Crippen LogP contribution is -2.38. The Morgan fingerprint density at radius 2 is 1.55 bits per heavy atom. The van der Waals surface area contributed by atoms with Crippen molar-refractivity contribution < 1.29 is 17.9 Å². The maximum atomic E-state index is 12.6. The molecule has 0 heterocycles. The first kappa shape index (κ1) is 22.7. The van der Waals surface area contributed by atoms with E-state index in [2.05, 4.69) is 31.3 Å². The highest BCUT2D eigenvalue weighted by atomic mass is 32.2. The van der Waals surface area contributed by atoms with Gasteiger partial charge in [0.1, 0.15) is 5.75 Å². The van der Waals surface area contributed by atoms with Crippen LogP contribution in [0.3, 0.4) is 0 Å². The normalized spacial score (nSPS) is 13.5. The predicted molar refractivity (Wildman–Crippen MR) is 117 cm³/mol. The summed E-state index contributed by atoms with van der Waals surface area (Å²) in [7, 11) is -1.84. The predicted octanol–water partition coefficient (Wildman–Crippen LogP) is 3.65. The van der Waals surface area contributed by atoms with E-state index in [0.29, 0.717) is 11.4 Å². The summed E-state index contributed by atoms with van der Waals surface area (Å²) in [5.74, 6) is 0.278. The summed E-state index contributed by atoms with van der Waals surface area (Å²) < 4.78 is 30.1. The molecule has 6 nitrogen and oxygen atoms in total. The Balaban J connectivity index is 2.03. The van der Waals surface area contributed by atoms with Crippen LogP contribution < -0.4 is 14.4 Å². The number of nitrogens with zero attached hydrogens (tertiary/aromatic N) is 1. The van der Waals surface area contributed by atoms with Crippen LogP contribution >= 0.6 is 0 Å². The molecule has 0 spiro atoms. The average Bonchev–Trinajstić information content (AvgIpc) is 2.63. The van der Waals surface area contributed by atoms with Crippen LogP contribution in [0.15, 0.2) is 36.4 Å². The fraction of sp³-hybridized carbons (Fsp3) is 0.409. The number of rotatable bonds is 7. The molecule has 1 amide bonds. The Morgan fingerprint density at radius 3 is 2.10 bits per heavy atom. The van der Waals surface area contributed by atoms with Gasteiger partial charge in [-0.25, -0.2) is 8.42 Å². The van der Waals surface area contributed by atoms with Crippen LogP contribution in [0.5, 0.6) is 5.75 Å². The third-order valence-electron chi connectivity index (χ3n) is 5.09. The van der Waals surface area contributed by atoms with Crippen molar-refractivity contribution >= 4 is 21.6 Å². The Morgan fingerprint density at radius 1 is 1.00 bits per heavy atom. The van der Waals surface area contributed by atoms with Crippen molar-refractivity contribution in [3.63, 3.8) is 0 Å². The number of benzene rings is 2. The summed E-state index contributed by atoms with van der Waals surface area (Å²) >= 11 is 0. The molecule has 0 aliphatic carbocycles. The lowest BCUT2D eigenvalue weighted by atomic mass is 9.96. The highest BCUT2D eigenvalue weighted by Crippen LogP contribution is 2.23. The fourth-order valence-electron chi connectivity index (χ4n) is 3.04. The van der Waals surface area contributed by atoms with Gasteiger partial charge in [-0.15, -0.1) is 0 Å². The van der Waals surface area contributed by atoms with Gasteiger partial charge >= 0.3 is 0 Å². The second-order valence-corrected chi connectivity index (χ2v) is 9.52. The molecule has 2 rings (SSSR count). The summed E-state index contributed by atoms with van der Waals surface area (Å²) in [4.78, 5) is 12.6. The van der Waals surface area contributed by atoms with Gasteiger partial charge in [-0.05, 0) is 81.1 Å². The van der Waals surface area contributed by atoms with Gasteiger partial charge in [0.2, 0.25) is 10.0 Å². The molecule has 0 saturated heterocycles. The highest BCUT2D eigenvalue weighted by molar-refractivity contribution is 7.92. The molecule has 0 aromatic heterocycles. The van der Waals surface area contributed by atoms with Crippen LogP contribution in [-0.2, 0) is 14.8 Å². The van der Waals surface area contributed by atoms with Crippen molar-refractivity contribution in [1.29, 1.82) is 0 Å². The Bertz CT molecular complexity index is 985. The van der Waals surface area contributed by atoms with Crippen molar-refractivity contribution in [1.82, 2.24) is 5.32 Å². The van der Waals surface area contributed by atoms with Gasteiger partial charge in [-0.2, -0.15) is 0 Å². The van der Waals surface area contributed by atoms with Crippen molar-refractivity contribution in [2.24, 2.45) is 0 Å². The van der Waals surface area contributed by atoms with E-state index in [1.165, 1.54) is 22.5 Å². The molecule has 0 aliphatic rings. The Labute approximate surface area is 173 Å². The maximum absolute atomic E-state index is 12.6. The number of aryl methyl sites for hydroxylation is 3. The van der Waals surface area contributed by atoms with Gasteiger partial charge in [0.05, 0.1) is 18.0 Å². The standard InChI is InChI=1S/C22H30N2O4S/c1-14-12-16(3)21(13-15(14)2)17(4)23-22(25)18(5)28-20-10-8-19(9-11-20)24(6)29(7,26)27/h8-13,17-18H,1-7H3,(H,23,25). The Kier molecular flexibility index (Phi) is 6.95. The minimum atomic E-state index is -3.33. The van der Waals surface area contributed by atoms with E-state index in [1.807, 2.05) is 13.8 Å². The van der Waals surface area contributed by atoms with Gasteiger partial charge in [0, 0.05) is 7.05 Å². The number of carbonyl (C=O) groups excluding carboxylic acids is 1. The molecule has 29 heavy (non-hydrogen) atoms. The third kappa shape index (κ3) is 5.73. The van der Waals surface area contributed by atoms with Crippen LogP contribution in [0.4, 0.5) is 5.69 Å². The molecular weight excluding hydrogens is 388 g/mol. The minimum Gasteiger partial charge on any atom is -0.481 e. The fourth-order valence-corrected chi connectivity index (χ4v) is 3.55. The van der Waals surface area contributed by atoms with Gasteiger partial charge in [-0.3, -0.25) is 9.10 Å². The van der Waals surface area contributed by atoms with E-state index in [0.717, 1.165) is 17.4 Å². The van der Waals surface area contributed by atoms with Crippen LogP contribution in [0.25, 0.3) is 0 Å². The smallest absolute Gasteiger partial charge is 0.261 e. The number of sulfonamides is 1. The monoisotopic (exact) mass is 418 g/mol. The molecule has 0 aliphatic heterocycles. The largest absolute Gasteiger partial charge is 0.481 e. The summed E-state index contributed by atoms with van der Waals surface area (Å²) in [5, 5.41) is 3.00. The summed E-state index contributed by atoms with van der Waals surface area (Å²) in [6.07, 6.45) is 0.449. The molecule has 0 fully saturated rings. The second-order valence-electron chi connectivity index (χ2n) is 7.51. The van der Waals surface area contributed by atoms with E-state index >= 15 is 0 Å². The number of ether oxygens (including phenoxy) is 1. The zero-order valence-corrected chi connectivity index (χ0v) is 18.9. The summed E-state index contributed by atoms with van der Waals surface area (Å²) in [6, 6.07) is 10.7. The summed E-state index contributed by atoms with van der Waals surface area (Å²) in [5.41, 5.74) is 5.17. The first-order valence-electron chi connectivity index (χ1n) is 9.49. The van der Waals surface area contributed by atoms with Gasteiger partial charge in [-0.1, -0.05) is 12.1 Å². The number of hydrogen-bond acceptors (Lipinski definition) is 4. The van der Waals surface area contributed by atoms with Crippen molar-refractivity contribution in [2.45, 2.75) is 46.8 Å². The van der Waals surface area contributed by atoms with Crippen molar-refractivity contribution in [3.05, 3.63) is 58.7 Å². The van der Waals surface area contributed by atoms with Crippen LogP contribution in [0.1, 0.15) is 42.1 Å². The quantitative estimate of drug-likeness (QED) is 0.745. The van der Waals surface area contributed by atoms with Crippen molar-refractivity contribution in [3.8, 4) is 5.75 Å². The minimum absolute atomic E-state index is 0.140. The number of nitrogens with one attached hydrogen (secondary N) is 1. The molecule has 0 saturated carbocycles. The lowest BCUT2D eigenvalue weighted by Gasteiger charge is -2.21. The lowest BCUT2D eigenvalue weighted by molar-refractivity contribution is -0.127. The number of carbonyl (C=O) groups is 1. The van der Waals surface area contributed by atoms with Gasteiger partial charge in [0.15, 0.2) is 6.10 Å². The van der Waals surface area contributed by atoms with E-state index < -0.39 is 16.1 Å². The molecule has 0 bridgehead atoms. The topological polar surface area (TPSA) is 75.7 Å². The molecule has 2 atom stereocenters. The maximum Gasteiger partial charge on any atom is 0.261 e. The molecule has 7 heteroatoms. The molecule has 1 N–H and O–H groups in total. The van der Waals surface area contributed by atoms with E-state index in [4.69, 9.17) is 4.74 Å². The number of amides is 1. The molecule has 2 unspecified atom stereocenters. The van der Waals surface area contributed by atoms with E-state index in [-0.39, 0.29) is 11.9 Å². The second kappa shape index (κ2) is 8.86. The number of hydrogen-bond donors (Lipinski definition) is 1. The first-order valence-corrected chi connectivity index (χ1v) is 11.3. The van der Waals surface area contributed by atoms with Crippen LogP contribution in [-0.4, -0.2) is 33.7 Å². The van der Waals surface area contributed by atoms with E-state index in [9.17, 15) is 13.2 Å². The van der Waals surface area contributed by atoms with Gasteiger partial charge < -0.3 is 10.1 Å². The average molecular weight is 419 g/mol. The molecule has 2 aromatic carbocycles. The molecular formula is C22H30N2O4S. The van der Waals surface area contributed by atoms with Crippen molar-refractivity contribution in [2.75, 3.05) is 17.6 Å². The third-order valence-corrected chi connectivity index (χ3v) is 6.29. The first-order chi connectivity index (χ1) is 13.4. The van der Waals surface area contributed by atoms with Crippen LogP contribution in [0.2, 0.25) is 0 Å². The highest BCUT2D eigenvalue weighted by Gasteiger charge is 2.19. The SMILES string of the molecule is Cc1cc(C)c(C(C)NC(=O)C(C)Oc2ccc(N(C)S(C)(=O)=O)cc2)cc1C. The summed E-state index contributed by atoms with van der Waals surface area (Å²) in [6.45, 7) is 9.82. The zero-order chi connectivity index (χ0) is 21.9. The molecule has 158 valence electrons. The zero-order valence-electron chi connectivity index (χ0n) is 18.1.